The van der Waals surface area contributed by atoms with Crippen molar-refractivity contribution < 1.29 is 9.59 Å². The van der Waals surface area contributed by atoms with Gasteiger partial charge in [0.05, 0.1) is 10.9 Å². The van der Waals surface area contributed by atoms with E-state index in [1.807, 2.05) is 13.8 Å². The molecule has 1 aromatic carbocycles. The number of carbonyl (C=O) groups excluding carboxylic acids is 2. The van der Waals surface area contributed by atoms with Gasteiger partial charge >= 0.3 is 0 Å². The van der Waals surface area contributed by atoms with Crippen molar-refractivity contribution in [2.24, 2.45) is 17.6 Å². The molecule has 3 N–H and O–H groups in total. The van der Waals surface area contributed by atoms with Gasteiger partial charge in [0.25, 0.3) is 17.4 Å². The maximum absolute atomic E-state index is 13.3. The number of benzene rings is 1. The molecule has 1 unspecified atom stereocenters. The topological polar surface area (TPSA) is 107 Å². The second kappa shape index (κ2) is 8.26. The van der Waals surface area contributed by atoms with Gasteiger partial charge in [0.15, 0.2) is 5.69 Å². The Kier molecular flexibility index (Phi) is 5.66. The molecule has 0 spiro atoms. The summed E-state index contributed by atoms with van der Waals surface area (Å²) in [6.45, 7) is 6.55. The Morgan fingerprint density at radius 2 is 2.00 bits per heavy atom. The molecule has 31 heavy (non-hydrogen) atoms. The van der Waals surface area contributed by atoms with Gasteiger partial charge in [0, 0.05) is 16.8 Å². The van der Waals surface area contributed by atoms with Crippen LogP contribution in [0.1, 0.15) is 58.5 Å². The van der Waals surface area contributed by atoms with E-state index in [4.69, 9.17) is 5.73 Å². The molecule has 162 valence electrons. The summed E-state index contributed by atoms with van der Waals surface area (Å²) in [5, 5.41) is 8.65. The van der Waals surface area contributed by atoms with Crippen LogP contribution in [0.2, 0.25) is 0 Å². The molecule has 0 bridgehead atoms. The van der Waals surface area contributed by atoms with Crippen molar-refractivity contribution in [2.45, 2.75) is 46.6 Å². The fraction of sp³-hybridized carbons (Fsp3) is 0.391. The highest BCUT2D eigenvalue weighted by Crippen LogP contribution is 2.39. The predicted octanol–water partition coefficient (Wildman–Crippen LogP) is 3.59. The van der Waals surface area contributed by atoms with Crippen LogP contribution in [0.4, 0.5) is 5.00 Å². The second-order valence-electron chi connectivity index (χ2n) is 8.65. The highest BCUT2D eigenvalue weighted by molar-refractivity contribution is 7.17. The van der Waals surface area contributed by atoms with E-state index < -0.39 is 11.8 Å². The van der Waals surface area contributed by atoms with Crippen LogP contribution in [-0.2, 0) is 19.4 Å². The van der Waals surface area contributed by atoms with Crippen LogP contribution in [-0.4, -0.2) is 21.6 Å². The Balaban J connectivity index is 1.79. The molecule has 0 fully saturated rings. The third kappa shape index (κ3) is 3.99. The van der Waals surface area contributed by atoms with Crippen molar-refractivity contribution in [1.82, 2.24) is 9.78 Å². The summed E-state index contributed by atoms with van der Waals surface area (Å²) in [5.74, 6) is -0.275. The van der Waals surface area contributed by atoms with E-state index >= 15 is 0 Å². The van der Waals surface area contributed by atoms with Crippen molar-refractivity contribution in [1.29, 1.82) is 0 Å². The summed E-state index contributed by atoms with van der Waals surface area (Å²) < 4.78 is 1.35. The minimum absolute atomic E-state index is 0.158. The van der Waals surface area contributed by atoms with E-state index in [0.717, 1.165) is 29.7 Å². The van der Waals surface area contributed by atoms with Gasteiger partial charge < -0.3 is 11.1 Å². The average Bonchev–Trinajstić information content (AvgIpc) is 3.06. The zero-order valence-electron chi connectivity index (χ0n) is 17.9. The van der Waals surface area contributed by atoms with Gasteiger partial charge in [-0.1, -0.05) is 39.0 Å². The van der Waals surface area contributed by atoms with E-state index in [0.29, 0.717) is 33.8 Å². The first kappa shape index (κ1) is 21.2. The average molecular weight is 439 g/mol. The van der Waals surface area contributed by atoms with Crippen LogP contribution in [0.3, 0.4) is 0 Å². The summed E-state index contributed by atoms with van der Waals surface area (Å²) in [6.07, 6.45) is 2.64. The SMILES string of the molecule is CC(C)Cn1nc(C(=O)Nc2sc3c(c2C(N)=O)CCC(C)C3)c2ccccc2c1=O. The number of primary amides is 1. The van der Waals surface area contributed by atoms with Gasteiger partial charge in [0.2, 0.25) is 0 Å². The van der Waals surface area contributed by atoms with Gasteiger partial charge in [-0.15, -0.1) is 11.3 Å². The molecule has 0 saturated carbocycles. The number of rotatable bonds is 5. The van der Waals surface area contributed by atoms with Gasteiger partial charge in [-0.05, 0) is 42.7 Å². The monoisotopic (exact) mass is 438 g/mol. The zero-order valence-corrected chi connectivity index (χ0v) is 18.7. The van der Waals surface area contributed by atoms with Gasteiger partial charge in [-0.25, -0.2) is 4.68 Å². The number of nitrogens with two attached hydrogens (primary N) is 1. The molecular weight excluding hydrogens is 412 g/mol. The molecule has 2 aromatic heterocycles. The van der Waals surface area contributed by atoms with Crippen LogP contribution >= 0.6 is 11.3 Å². The van der Waals surface area contributed by atoms with Gasteiger partial charge in [0.1, 0.15) is 5.00 Å². The van der Waals surface area contributed by atoms with Crippen molar-refractivity contribution in [2.75, 3.05) is 5.32 Å². The lowest BCUT2D eigenvalue weighted by Gasteiger charge is -2.18. The van der Waals surface area contributed by atoms with Crippen LogP contribution in [0.25, 0.3) is 10.8 Å². The number of carbonyl (C=O) groups is 2. The quantitative estimate of drug-likeness (QED) is 0.635. The van der Waals surface area contributed by atoms with Crippen molar-refractivity contribution >= 4 is 38.9 Å². The summed E-state index contributed by atoms with van der Waals surface area (Å²) in [6, 6.07) is 6.96. The number of thiophene rings is 1. The molecule has 1 aliphatic rings. The first-order valence-corrected chi connectivity index (χ1v) is 11.3. The summed E-state index contributed by atoms with van der Waals surface area (Å²) in [7, 11) is 0. The van der Waals surface area contributed by atoms with Crippen LogP contribution in [0.15, 0.2) is 29.1 Å². The fourth-order valence-corrected chi connectivity index (χ4v) is 5.55. The number of amides is 2. The summed E-state index contributed by atoms with van der Waals surface area (Å²) in [4.78, 5) is 39.4. The van der Waals surface area contributed by atoms with Crippen molar-refractivity contribution in [3.63, 3.8) is 0 Å². The highest BCUT2D eigenvalue weighted by atomic mass is 32.1. The van der Waals surface area contributed by atoms with E-state index in [1.165, 1.54) is 16.0 Å². The Morgan fingerprint density at radius 1 is 1.29 bits per heavy atom. The van der Waals surface area contributed by atoms with Crippen LogP contribution in [0, 0.1) is 11.8 Å². The molecule has 2 amide bonds. The third-order valence-corrected chi connectivity index (χ3v) is 6.78. The summed E-state index contributed by atoms with van der Waals surface area (Å²) >= 11 is 1.41. The Hall–Kier alpha value is -3.00. The molecule has 7 nitrogen and oxygen atoms in total. The molecule has 3 aromatic rings. The summed E-state index contributed by atoms with van der Waals surface area (Å²) in [5.41, 5.74) is 6.97. The molecular formula is C23H26N4O3S. The standard InChI is InChI=1S/C23H26N4O3S/c1-12(2)11-27-23(30)15-7-5-4-6-14(15)19(26-27)21(29)25-22-18(20(24)28)16-9-8-13(3)10-17(16)31-22/h4-7,12-13H,8-11H2,1-3H3,(H2,24,28)(H,25,29). The number of hydrogen-bond acceptors (Lipinski definition) is 5. The number of fused-ring (bicyclic) bond motifs is 2. The first-order valence-electron chi connectivity index (χ1n) is 10.5. The lowest BCUT2D eigenvalue weighted by molar-refractivity contribution is 0.1000. The van der Waals surface area contributed by atoms with Crippen molar-refractivity contribution in [3.8, 4) is 0 Å². The van der Waals surface area contributed by atoms with Crippen LogP contribution in [0.5, 0.6) is 0 Å². The van der Waals surface area contributed by atoms with E-state index in [-0.39, 0.29) is 17.2 Å². The Bertz CT molecular complexity index is 1240. The van der Waals surface area contributed by atoms with E-state index in [9.17, 15) is 14.4 Å². The molecule has 4 rings (SSSR count). The number of nitrogens with one attached hydrogen (secondary N) is 1. The lowest BCUT2D eigenvalue weighted by atomic mass is 9.88. The molecule has 1 atom stereocenters. The zero-order chi connectivity index (χ0) is 22.3. The Morgan fingerprint density at radius 3 is 2.68 bits per heavy atom. The van der Waals surface area contributed by atoms with Crippen LogP contribution < -0.4 is 16.6 Å². The normalized spacial score (nSPS) is 15.8. The first-order chi connectivity index (χ1) is 14.8. The molecule has 1 aliphatic carbocycles. The fourth-order valence-electron chi connectivity index (χ4n) is 4.13. The largest absolute Gasteiger partial charge is 0.365 e. The predicted molar refractivity (Wildman–Crippen MR) is 123 cm³/mol. The van der Waals surface area contributed by atoms with Gasteiger partial charge in [-0.2, -0.15) is 5.10 Å². The molecule has 8 heteroatoms. The van der Waals surface area contributed by atoms with Gasteiger partial charge in [-0.3, -0.25) is 14.4 Å². The number of nitrogens with zero attached hydrogens (tertiary/aromatic N) is 2. The number of aromatic nitrogens is 2. The highest BCUT2D eigenvalue weighted by Gasteiger charge is 2.28. The van der Waals surface area contributed by atoms with E-state index in [2.05, 4.69) is 17.3 Å². The second-order valence-corrected chi connectivity index (χ2v) is 9.75. The minimum atomic E-state index is -0.537. The van der Waals surface area contributed by atoms with Crippen molar-refractivity contribution in [3.05, 3.63) is 56.3 Å². The Labute approximate surface area is 184 Å². The maximum Gasteiger partial charge on any atom is 0.277 e. The minimum Gasteiger partial charge on any atom is -0.365 e. The lowest BCUT2D eigenvalue weighted by Crippen LogP contribution is -2.29. The maximum atomic E-state index is 13.3. The number of hydrogen-bond donors (Lipinski definition) is 2. The molecule has 0 radical (unpaired) electrons. The number of anilines is 1. The molecule has 0 aliphatic heterocycles. The smallest absolute Gasteiger partial charge is 0.277 e. The third-order valence-electron chi connectivity index (χ3n) is 5.61. The molecule has 0 saturated heterocycles. The van der Waals surface area contributed by atoms with E-state index in [1.54, 1.807) is 24.3 Å². The molecule has 2 heterocycles.